The average molecular weight is 269 g/mol. The van der Waals surface area contributed by atoms with Crippen molar-refractivity contribution in [3.8, 4) is 0 Å². The Hall–Kier alpha value is -0.710. The largest absolute Gasteiger partial charge is 0.383 e. The summed E-state index contributed by atoms with van der Waals surface area (Å²) >= 11 is 0. The molecule has 0 amide bonds. The second-order valence-corrected chi connectivity index (χ2v) is 5.89. The standard InChI is InChI=1S/C14H23NO2S/c1-13-6-3-4-7-14(13)12-18(16)11-5-8-15-9-10-17-2/h3-4,6-7,15H,5,8-12H2,1-2H3. The van der Waals surface area contributed by atoms with Crippen molar-refractivity contribution in [1.82, 2.24) is 5.32 Å². The highest BCUT2D eigenvalue weighted by molar-refractivity contribution is 7.84. The quantitative estimate of drug-likeness (QED) is 0.696. The van der Waals surface area contributed by atoms with Crippen molar-refractivity contribution in [2.24, 2.45) is 0 Å². The molecule has 0 aromatic heterocycles. The lowest BCUT2D eigenvalue weighted by atomic mass is 10.1. The highest BCUT2D eigenvalue weighted by Gasteiger charge is 2.03. The second-order valence-electron chi connectivity index (χ2n) is 4.31. The van der Waals surface area contributed by atoms with Gasteiger partial charge in [-0.3, -0.25) is 4.21 Å². The van der Waals surface area contributed by atoms with E-state index in [4.69, 9.17) is 4.74 Å². The summed E-state index contributed by atoms with van der Waals surface area (Å²) in [5.41, 5.74) is 2.42. The van der Waals surface area contributed by atoms with E-state index in [-0.39, 0.29) is 0 Å². The first kappa shape index (κ1) is 15.3. The SMILES string of the molecule is COCCNCCCS(=O)Cc1ccccc1C. The van der Waals surface area contributed by atoms with Crippen LogP contribution < -0.4 is 5.32 Å². The third-order valence-corrected chi connectivity index (χ3v) is 4.16. The number of rotatable bonds is 9. The fourth-order valence-corrected chi connectivity index (χ4v) is 2.96. The van der Waals surface area contributed by atoms with Crippen molar-refractivity contribution in [3.63, 3.8) is 0 Å². The molecule has 0 aliphatic carbocycles. The third kappa shape index (κ3) is 6.28. The van der Waals surface area contributed by atoms with E-state index in [2.05, 4.69) is 24.4 Å². The lowest BCUT2D eigenvalue weighted by molar-refractivity contribution is 0.199. The molecule has 0 fully saturated rings. The second kappa shape index (κ2) is 9.25. The number of aryl methyl sites for hydroxylation is 1. The minimum atomic E-state index is -0.760. The Morgan fingerprint density at radius 2 is 2.06 bits per heavy atom. The first-order valence-corrected chi connectivity index (χ1v) is 7.82. The highest BCUT2D eigenvalue weighted by Crippen LogP contribution is 2.09. The van der Waals surface area contributed by atoms with E-state index in [0.717, 1.165) is 31.9 Å². The molecule has 1 atom stereocenters. The molecule has 4 heteroatoms. The summed E-state index contributed by atoms with van der Waals surface area (Å²) in [6.45, 7) is 4.56. The summed E-state index contributed by atoms with van der Waals surface area (Å²) in [6, 6.07) is 8.15. The van der Waals surface area contributed by atoms with E-state index in [0.29, 0.717) is 5.75 Å². The molecule has 1 N–H and O–H groups in total. The van der Waals surface area contributed by atoms with Crippen molar-refractivity contribution in [2.75, 3.05) is 32.6 Å². The van der Waals surface area contributed by atoms with Gasteiger partial charge >= 0.3 is 0 Å². The highest BCUT2D eigenvalue weighted by atomic mass is 32.2. The maximum Gasteiger partial charge on any atom is 0.0587 e. The molecule has 0 radical (unpaired) electrons. The molecule has 0 aliphatic heterocycles. The monoisotopic (exact) mass is 269 g/mol. The van der Waals surface area contributed by atoms with Crippen molar-refractivity contribution in [3.05, 3.63) is 35.4 Å². The third-order valence-electron chi connectivity index (χ3n) is 2.79. The van der Waals surface area contributed by atoms with Crippen LogP contribution in [0.1, 0.15) is 17.5 Å². The van der Waals surface area contributed by atoms with E-state index in [1.807, 2.05) is 12.1 Å². The van der Waals surface area contributed by atoms with Crippen LogP contribution in [0.4, 0.5) is 0 Å². The summed E-state index contributed by atoms with van der Waals surface area (Å²) in [6.07, 6.45) is 0.947. The number of methoxy groups -OCH3 is 1. The minimum absolute atomic E-state index is 0.671. The van der Waals surface area contributed by atoms with Gasteiger partial charge in [0.25, 0.3) is 0 Å². The molecule has 0 spiro atoms. The maximum atomic E-state index is 11.9. The normalized spacial score (nSPS) is 12.6. The Morgan fingerprint density at radius 1 is 1.28 bits per heavy atom. The van der Waals surface area contributed by atoms with Crippen LogP contribution in [-0.2, 0) is 21.3 Å². The number of benzene rings is 1. The summed E-state index contributed by atoms with van der Waals surface area (Å²) in [5.74, 6) is 1.43. The van der Waals surface area contributed by atoms with Crippen molar-refractivity contribution in [1.29, 1.82) is 0 Å². The number of hydrogen-bond acceptors (Lipinski definition) is 3. The van der Waals surface area contributed by atoms with E-state index in [9.17, 15) is 4.21 Å². The summed E-state index contributed by atoms with van der Waals surface area (Å²) in [7, 11) is 0.934. The van der Waals surface area contributed by atoms with Gasteiger partial charge in [-0.1, -0.05) is 24.3 Å². The summed E-state index contributed by atoms with van der Waals surface area (Å²) in [5, 5.41) is 3.26. The first-order valence-electron chi connectivity index (χ1n) is 6.33. The smallest absolute Gasteiger partial charge is 0.0587 e. The van der Waals surface area contributed by atoms with Crippen LogP contribution in [0.2, 0.25) is 0 Å². The van der Waals surface area contributed by atoms with Gasteiger partial charge in [0.2, 0.25) is 0 Å². The molecule has 1 rings (SSSR count). The molecule has 102 valence electrons. The molecular formula is C14H23NO2S. The van der Waals surface area contributed by atoms with Gasteiger partial charge in [-0.05, 0) is 31.0 Å². The van der Waals surface area contributed by atoms with Crippen molar-refractivity contribution < 1.29 is 8.95 Å². The fourth-order valence-electron chi connectivity index (χ4n) is 1.68. The van der Waals surface area contributed by atoms with Crippen molar-refractivity contribution in [2.45, 2.75) is 19.1 Å². The van der Waals surface area contributed by atoms with Gasteiger partial charge in [-0.2, -0.15) is 0 Å². The van der Waals surface area contributed by atoms with Crippen LogP contribution in [0.25, 0.3) is 0 Å². The summed E-state index contributed by atoms with van der Waals surface area (Å²) in [4.78, 5) is 0. The number of ether oxygens (including phenoxy) is 1. The van der Waals surface area contributed by atoms with Gasteiger partial charge in [0.05, 0.1) is 6.61 Å². The van der Waals surface area contributed by atoms with Gasteiger partial charge in [0.15, 0.2) is 0 Å². The van der Waals surface area contributed by atoms with Gasteiger partial charge in [-0.15, -0.1) is 0 Å². The zero-order valence-corrected chi connectivity index (χ0v) is 12.1. The minimum Gasteiger partial charge on any atom is -0.383 e. The molecule has 1 aromatic rings. The Bertz CT molecular complexity index is 369. The maximum absolute atomic E-state index is 11.9. The average Bonchev–Trinajstić information content (AvgIpc) is 2.36. The zero-order chi connectivity index (χ0) is 13.2. The Morgan fingerprint density at radius 3 is 2.78 bits per heavy atom. The van der Waals surface area contributed by atoms with E-state index in [1.165, 1.54) is 11.1 Å². The van der Waals surface area contributed by atoms with Crippen LogP contribution in [0, 0.1) is 6.92 Å². The van der Waals surface area contributed by atoms with E-state index >= 15 is 0 Å². The lowest BCUT2D eigenvalue weighted by Gasteiger charge is -2.06. The molecular weight excluding hydrogens is 246 g/mol. The topological polar surface area (TPSA) is 38.3 Å². The van der Waals surface area contributed by atoms with Gasteiger partial charge in [-0.25, -0.2) is 0 Å². The predicted octanol–water partition coefficient (Wildman–Crippen LogP) is 1.87. The van der Waals surface area contributed by atoms with Crippen LogP contribution >= 0.6 is 0 Å². The van der Waals surface area contributed by atoms with E-state index in [1.54, 1.807) is 7.11 Å². The lowest BCUT2D eigenvalue weighted by Crippen LogP contribution is -2.21. The Balaban J connectivity index is 2.16. The van der Waals surface area contributed by atoms with Gasteiger partial charge in [0.1, 0.15) is 0 Å². The number of nitrogens with one attached hydrogen (secondary N) is 1. The molecule has 1 unspecified atom stereocenters. The van der Waals surface area contributed by atoms with Crippen LogP contribution in [-0.4, -0.2) is 36.8 Å². The number of hydrogen-bond donors (Lipinski definition) is 1. The fraction of sp³-hybridized carbons (Fsp3) is 0.571. The van der Waals surface area contributed by atoms with Crippen LogP contribution in [0.15, 0.2) is 24.3 Å². The zero-order valence-electron chi connectivity index (χ0n) is 11.3. The molecule has 0 bridgehead atoms. The van der Waals surface area contributed by atoms with Gasteiger partial charge in [0, 0.05) is 36.0 Å². The Kier molecular flexibility index (Phi) is 7.89. The molecule has 0 aliphatic rings. The van der Waals surface area contributed by atoms with Gasteiger partial charge < -0.3 is 10.1 Å². The van der Waals surface area contributed by atoms with Crippen LogP contribution in [0.3, 0.4) is 0 Å². The first-order chi connectivity index (χ1) is 8.74. The molecule has 0 heterocycles. The molecule has 3 nitrogen and oxygen atoms in total. The van der Waals surface area contributed by atoms with Crippen LogP contribution in [0.5, 0.6) is 0 Å². The predicted molar refractivity (Wildman–Crippen MR) is 77.3 cm³/mol. The van der Waals surface area contributed by atoms with Crippen molar-refractivity contribution >= 4 is 10.8 Å². The molecule has 0 saturated heterocycles. The molecule has 0 saturated carbocycles. The summed E-state index contributed by atoms with van der Waals surface area (Å²) < 4.78 is 16.9. The van der Waals surface area contributed by atoms with E-state index < -0.39 is 10.8 Å². The Labute approximate surface area is 112 Å². The molecule has 18 heavy (non-hydrogen) atoms. The molecule has 1 aromatic carbocycles.